The van der Waals surface area contributed by atoms with Crippen LogP contribution >= 0.6 is 23.2 Å². The van der Waals surface area contributed by atoms with Crippen LogP contribution in [-0.4, -0.2) is 58.3 Å². The Morgan fingerprint density at radius 3 is 2.64 bits per heavy atom. The third kappa shape index (κ3) is 7.53. The van der Waals surface area contributed by atoms with E-state index in [9.17, 15) is 9.35 Å². The summed E-state index contributed by atoms with van der Waals surface area (Å²) in [6.45, 7) is 14.9. The van der Waals surface area contributed by atoms with Crippen molar-refractivity contribution in [2.75, 3.05) is 26.3 Å². The second-order valence-corrected chi connectivity index (χ2v) is 13.5. The van der Waals surface area contributed by atoms with Crippen molar-refractivity contribution in [2.45, 2.75) is 76.6 Å². The number of benzene rings is 1. The van der Waals surface area contributed by atoms with Crippen LogP contribution in [0.2, 0.25) is 10.0 Å². The lowest BCUT2D eigenvalue weighted by atomic mass is 9.87. The number of likely N-dealkylation sites (tertiary alicyclic amines) is 1. The van der Waals surface area contributed by atoms with Crippen LogP contribution in [0, 0.1) is 5.92 Å². The van der Waals surface area contributed by atoms with E-state index in [1.54, 1.807) is 18.2 Å². The van der Waals surface area contributed by atoms with E-state index in [1.165, 1.54) is 0 Å². The first-order valence-electron chi connectivity index (χ1n) is 12.3. The van der Waals surface area contributed by atoms with Crippen molar-refractivity contribution in [3.8, 4) is 5.75 Å². The van der Waals surface area contributed by atoms with Gasteiger partial charge in [0.1, 0.15) is 17.1 Å². The van der Waals surface area contributed by atoms with Crippen molar-refractivity contribution in [1.82, 2.24) is 9.62 Å². The molecule has 2 aliphatic rings. The maximum absolute atomic E-state index is 13.3. The Labute approximate surface area is 228 Å². The van der Waals surface area contributed by atoms with Gasteiger partial charge >= 0.3 is 0 Å². The molecule has 36 heavy (non-hydrogen) atoms. The van der Waals surface area contributed by atoms with Crippen LogP contribution in [-0.2, 0) is 25.6 Å². The highest BCUT2D eigenvalue weighted by Gasteiger charge is 2.41. The smallest absolute Gasteiger partial charge is 0.254 e. The number of nitrogens with one attached hydrogen (secondary N) is 1. The standard InChI is InChI=1S/C26H38Cl2N2O5S/c1-7-13-33-21-15-20(28)19(27)14-18(21)23(29-36(32)25(2,3)4)17-9-8-11-30(12-10-17)24(31)22-16-34-26(5,6)35-22/h7,14-15,17,22-23,29H,1,8-13,16H2,2-6H3/t17?,22-,23-,36+/m1/s1. The molecule has 1 aromatic rings. The van der Waals surface area contributed by atoms with Crippen LogP contribution in [0.25, 0.3) is 0 Å². The molecule has 3 rings (SSSR count). The van der Waals surface area contributed by atoms with Gasteiger partial charge in [0, 0.05) is 36.1 Å². The van der Waals surface area contributed by atoms with E-state index in [4.69, 9.17) is 37.4 Å². The summed E-state index contributed by atoms with van der Waals surface area (Å²) in [4.78, 5) is 15.0. The van der Waals surface area contributed by atoms with Crippen molar-refractivity contribution in [2.24, 2.45) is 5.92 Å². The van der Waals surface area contributed by atoms with Gasteiger partial charge in [-0.05, 0) is 65.9 Å². The molecule has 0 aliphatic carbocycles. The van der Waals surface area contributed by atoms with Gasteiger partial charge < -0.3 is 23.7 Å². The average molecular weight is 562 g/mol. The van der Waals surface area contributed by atoms with Gasteiger partial charge in [-0.2, -0.15) is 0 Å². The van der Waals surface area contributed by atoms with Gasteiger partial charge in [0.25, 0.3) is 5.91 Å². The predicted molar refractivity (Wildman–Crippen MR) is 145 cm³/mol. The van der Waals surface area contributed by atoms with E-state index in [0.717, 1.165) is 18.4 Å². The van der Waals surface area contributed by atoms with Crippen LogP contribution < -0.4 is 9.46 Å². The summed E-state index contributed by atoms with van der Waals surface area (Å²) in [6.07, 6.45) is 3.42. The Morgan fingerprint density at radius 2 is 2.03 bits per heavy atom. The summed E-state index contributed by atoms with van der Waals surface area (Å²) in [6, 6.07) is 3.17. The third-order valence-corrected chi connectivity index (χ3v) is 8.68. The van der Waals surface area contributed by atoms with Gasteiger partial charge in [-0.25, -0.2) is 0 Å². The lowest BCUT2D eigenvalue weighted by molar-refractivity contribution is -0.160. The number of ether oxygens (including phenoxy) is 3. The average Bonchev–Trinajstić information content (AvgIpc) is 3.01. The number of halogens is 2. The van der Waals surface area contributed by atoms with E-state index in [-0.39, 0.29) is 24.5 Å². The number of hydrogen-bond donors (Lipinski definition) is 1. The highest BCUT2D eigenvalue weighted by molar-refractivity contribution is 7.90. The van der Waals surface area contributed by atoms with E-state index in [0.29, 0.717) is 41.9 Å². The summed E-state index contributed by atoms with van der Waals surface area (Å²) in [5, 5.41) is 0.784. The van der Waals surface area contributed by atoms with E-state index >= 15 is 0 Å². The molecule has 10 heteroatoms. The molecular weight excluding hydrogens is 523 g/mol. The van der Waals surface area contributed by atoms with Crippen molar-refractivity contribution >= 4 is 40.5 Å². The summed E-state index contributed by atoms with van der Waals surface area (Å²) in [7, 11) is 0. The molecule has 0 radical (unpaired) electrons. The third-order valence-electron chi connectivity index (χ3n) is 6.37. The molecule has 202 valence electrons. The summed E-state index contributed by atoms with van der Waals surface area (Å²) >= 11 is 11.4. The Morgan fingerprint density at radius 1 is 1.33 bits per heavy atom. The van der Waals surface area contributed by atoms with Gasteiger partial charge in [0.05, 0.1) is 22.7 Å². The highest BCUT2D eigenvalue weighted by atomic mass is 35.5. The molecule has 0 bridgehead atoms. The van der Waals surface area contributed by atoms with Crippen molar-refractivity contribution < 1.29 is 23.6 Å². The number of rotatable bonds is 8. The minimum absolute atomic E-state index is 0.0476. The summed E-state index contributed by atoms with van der Waals surface area (Å²) in [5.41, 5.74) is 0.794. The number of nitrogens with zero attached hydrogens (tertiary/aromatic N) is 1. The Hall–Kier alpha value is -1.00. The Bertz CT molecular complexity index is 940. The van der Waals surface area contributed by atoms with Crippen LogP contribution in [0.5, 0.6) is 5.75 Å². The highest BCUT2D eigenvalue weighted by Crippen LogP contribution is 2.41. The van der Waals surface area contributed by atoms with Crippen LogP contribution in [0.15, 0.2) is 24.8 Å². The fourth-order valence-corrected chi connectivity index (χ4v) is 5.68. The minimum atomic E-state index is -1.35. The first-order chi connectivity index (χ1) is 16.8. The molecule has 2 saturated heterocycles. The quantitative estimate of drug-likeness (QED) is 0.337. The fraction of sp³-hybridized carbons (Fsp3) is 0.654. The number of carbonyl (C=O) groups excluding carboxylic acids is 1. The van der Waals surface area contributed by atoms with Crippen LogP contribution in [0.3, 0.4) is 0 Å². The molecular formula is C26H38Cl2N2O5S. The van der Waals surface area contributed by atoms with Gasteiger partial charge in [0.2, 0.25) is 0 Å². The molecule has 0 aromatic heterocycles. The van der Waals surface area contributed by atoms with Gasteiger partial charge in [-0.1, -0.05) is 35.9 Å². The zero-order valence-electron chi connectivity index (χ0n) is 21.8. The molecule has 0 saturated carbocycles. The molecule has 1 aromatic carbocycles. The molecule has 1 unspecified atom stereocenters. The lowest BCUT2D eigenvalue weighted by Crippen LogP contribution is -2.44. The second-order valence-electron chi connectivity index (χ2n) is 10.7. The minimum Gasteiger partial charge on any atom is -0.598 e. The second kappa shape index (κ2) is 12.2. The zero-order valence-corrected chi connectivity index (χ0v) is 24.1. The van der Waals surface area contributed by atoms with Crippen molar-refractivity contribution in [1.29, 1.82) is 0 Å². The zero-order chi connectivity index (χ0) is 26.7. The maximum atomic E-state index is 13.3. The molecule has 2 heterocycles. The first kappa shape index (κ1) is 29.6. The number of hydrogen-bond acceptors (Lipinski definition) is 6. The van der Waals surface area contributed by atoms with Crippen molar-refractivity contribution in [3.05, 3.63) is 40.4 Å². The molecule has 4 atom stereocenters. The normalized spacial score (nSPS) is 24.2. The van der Waals surface area contributed by atoms with Gasteiger partial charge in [0.15, 0.2) is 11.9 Å². The molecule has 7 nitrogen and oxygen atoms in total. The van der Waals surface area contributed by atoms with Gasteiger partial charge in [-0.3, -0.25) is 4.79 Å². The van der Waals surface area contributed by atoms with Gasteiger partial charge in [-0.15, -0.1) is 4.72 Å². The van der Waals surface area contributed by atoms with Crippen LogP contribution in [0.4, 0.5) is 0 Å². The Kier molecular flexibility index (Phi) is 10.0. The van der Waals surface area contributed by atoms with E-state index < -0.39 is 28.0 Å². The first-order valence-corrected chi connectivity index (χ1v) is 14.2. The Balaban J connectivity index is 1.86. The number of amides is 1. The topological polar surface area (TPSA) is 83.1 Å². The van der Waals surface area contributed by atoms with E-state index in [1.807, 2.05) is 39.5 Å². The maximum Gasteiger partial charge on any atom is 0.254 e. The number of carbonyl (C=O) groups is 1. The SMILES string of the molecule is C=CCOc1cc(Cl)c(Cl)cc1[C@H](N[S@@+]([O-])C(C)(C)C)C1CCCN(C(=O)[C@H]2COC(C)(C)O2)CC1. The summed E-state index contributed by atoms with van der Waals surface area (Å²) < 4.78 is 33.5. The molecule has 0 spiro atoms. The lowest BCUT2D eigenvalue weighted by Gasteiger charge is -2.33. The fourth-order valence-electron chi connectivity index (χ4n) is 4.45. The predicted octanol–water partition coefficient (Wildman–Crippen LogP) is 5.43. The van der Waals surface area contributed by atoms with E-state index in [2.05, 4.69) is 11.3 Å². The largest absolute Gasteiger partial charge is 0.598 e. The molecule has 2 fully saturated rings. The monoisotopic (exact) mass is 560 g/mol. The molecule has 1 amide bonds. The summed E-state index contributed by atoms with van der Waals surface area (Å²) in [5.74, 6) is -0.150. The molecule has 1 N–H and O–H groups in total. The van der Waals surface area contributed by atoms with Crippen LogP contribution in [0.1, 0.15) is 65.5 Å². The van der Waals surface area contributed by atoms with Crippen molar-refractivity contribution in [3.63, 3.8) is 0 Å². The molecule has 2 aliphatic heterocycles.